The van der Waals surface area contributed by atoms with Crippen LogP contribution in [0.3, 0.4) is 0 Å². The second-order valence-electron chi connectivity index (χ2n) is 4.32. The monoisotopic (exact) mass is 239 g/mol. The van der Waals surface area contributed by atoms with E-state index in [0.29, 0.717) is 0 Å². The second kappa shape index (κ2) is 7.45. The molecule has 0 fully saturated rings. The SMILES string of the molecule is CCc1cc(CNCCC(O)CC)n(CC)n1. The first-order valence-electron chi connectivity index (χ1n) is 6.65. The van der Waals surface area contributed by atoms with Gasteiger partial charge in [-0.25, -0.2) is 0 Å². The van der Waals surface area contributed by atoms with Crippen LogP contribution in [0.25, 0.3) is 0 Å². The van der Waals surface area contributed by atoms with Crippen molar-refractivity contribution < 1.29 is 5.11 Å². The van der Waals surface area contributed by atoms with Gasteiger partial charge in [0.1, 0.15) is 0 Å². The van der Waals surface area contributed by atoms with Gasteiger partial charge in [-0.05, 0) is 38.8 Å². The topological polar surface area (TPSA) is 50.1 Å². The minimum absolute atomic E-state index is 0.176. The van der Waals surface area contributed by atoms with E-state index < -0.39 is 0 Å². The molecule has 0 spiro atoms. The van der Waals surface area contributed by atoms with Gasteiger partial charge in [-0.15, -0.1) is 0 Å². The maximum Gasteiger partial charge on any atom is 0.0625 e. The summed E-state index contributed by atoms with van der Waals surface area (Å²) in [6.45, 7) is 8.83. The van der Waals surface area contributed by atoms with Gasteiger partial charge in [-0.1, -0.05) is 13.8 Å². The Balaban J connectivity index is 2.37. The van der Waals surface area contributed by atoms with Gasteiger partial charge < -0.3 is 10.4 Å². The highest BCUT2D eigenvalue weighted by Crippen LogP contribution is 2.05. The molecule has 0 aliphatic carbocycles. The number of nitrogens with zero attached hydrogens (tertiary/aromatic N) is 2. The molecule has 2 N–H and O–H groups in total. The quantitative estimate of drug-likeness (QED) is 0.679. The van der Waals surface area contributed by atoms with Crippen molar-refractivity contribution >= 4 is 0 Å². The Bertz CT molecular complexity index is 322. The fourth-order valence-electron chi connectivity index (χ4n) is 1.79. The summed E-state index contributed by atoms with van der Waals surface area (Å²) >= 11 is 0. The Morgan fingerprint density at radius 2 is 2.18 bits per heavy atom. The second-order valence-corrected chi connectivity index (χ2v) is 4.32. The van der Waals surface area contributed by atoms with Gasteiger partial charge in [0.15, 0.2) is 0 Å². The summed E-state index contributed by atoms with van der Waals surface area (Å²) in [6.07, 6.45) is 2.45. The summed E-state index contributed by atoms with van der Waals surface area (Å²) in [4.78, 5) is 0. The summed E-state index contributed by atoms with van der Waals surface area (Å²) in [7, 11) is 0. The Labute approximate surface area is 104 Å². The van der Waals surface area contributed by atoms with Crippen LogP contribution >= 0.6 is 0 Å². The molecule has 0 aliphatic heterocycles. The molecule has 0 aliphatic rings. The Hall–Kier alpha value is -0.870. The lowest BCUT2D eigenvalue weighted by atomic mass is 10.2. The lowest BCUT2D eigenvalue weighted by Crippen LogP contribution is -2.21. The largest absolute Gasteiger partial charge is 0.393 e. The molecule has 1 heterocycles. The standard InChI is InChI=1S/C13H25N3O/c1-4-11-9-12(16(6-3)15-11)10-14-8-7-13(17)5-2/h9,13-14,17H,4-8,10H2,1-3H3. The normalized spacial score (nSPS) is 12.9. The molecule has 17 heavy (non-hydrogen) atoms. The summed E-state index contributed by atoms with van der Waals surface area (Å²) in [5.41, 5.74) is 2.38. The van der Waals surface area contributed by atoms with Crippen molar-refractivity contribution in [1.82, 2.24) is 15.1 Å². The molecule has 0 aromatic carbocycles. The number of hydrogen-bond acceptors (Lipinski definition) is 3. The molecule has 0 saturated carbocycles. The minimum atomic E-state index is -0.176. The van der Waals surface area contributed by atoms with Crippen molar-refractivity contribution in [3.63, 3.8) is 0 Å². The predicted octanol–water partition coefficient (Wildman–Crippen LogP) is 1.72. The van der Waals surface area contributed by atoms with Gasteiger partial charge in [-0.2, -0.15) is 5.10 Å². The van der Waals surface area contributed by atoms with Crippen LogP contribution in [-0.2, 0) is 19.5 Å². The zero-order valence-corrected chi connectivity index (χ0v) is 11.2. The molecule has 1 aromatic heterocycles. The highest BCUT2D eigenvalue weighted by molar-refractivity contribution is 5.10. The predicted molar refractivity (Wildman–Crippen MR) is 69.9 cm³/mol. The van der Waals surface area contributed by atoms with Crippen LogP contribution < -0.4 is 5.32 Å². The maximum absolute atomic E-state index is 9.44. The van der Waals surface area contributed by atoms with Crippen molar-refractivity contribution in [2.45, 2.75) is 59.2 Å². The molecule has 1 unspecified atom stereocenters. The van der Waals surface area contributed by atoms with E-state index in [1.54, 1.807) is 0 Å². The van der Waals surface area contributed by atoms with E-state index in [9.17, 15) is 5.11 Å². The molecule has 0 amide bonds. The number of hydrogen-bond donors (Lipinski definition) is 2. The first-order chi connectivity index (χ1) is 8.21. The molecule has 0 saturated heterocycles. The van der Waals surface area contributed by atoms with Gasteiger partial charge in [0.25, 0.3) is 0 Å². The van der Waals surface area contributed by atoms with Crippen LogP contribution in [0.4, 0.5) is 0 Å². The third kappa shape index (κ3) is 4.48. The van der Waals surface area contributed by atoms with Crippen LogP contribution in [0, 0.1) is 0 Å². The zero-order valence-electron chi connectivity index (χ0n) is 11.2. The highest BCUT2D eigenvalue weighted by Gasteiger charge is 2.05. The van der Waals surface area contributed by atoms with Crippen molar-refractivity contribution in [3.05, 3.63) is 17.5 Å². The smallest absolute Gasteiger partial charge is 0.0625 e. The summed E-state index contributed by atoms with van der Waals surface area (Å²) in [5, 5.41) is 17.3. The van der Waals surface area contributed by atoms with Crippen LogP contribution in [-0.4, -0.2) is 27.5 Å². The lowest BCUT2D eigenvalue weighted by Gasteiger charge is -2.09. The van der Waals surface area contributed by atoms with Gasteiger partial charge in [0, 0.05) is 13.1 Å². The van der Waals surface area contributed by atoms with Crippen LogP contribution in [0.2, 0.25) is 0 Å². The molecule has 98 valence electrons. The van der Waals surface area contributed by atoms with E-state index >= 15 is 0 Å². The fourth-order valence-corrected chi connectivity index (χ4v) is 1.79. The summed E-state index contributed by atoms with van der Waals surface area (Å²) in [6, 6.07) is 2.16. The molecule has 4 nitrogen and oxygen atoms in total. The third-order valence-electron chi connectivity index (χ3n) is 3.01. The Morgan fingerprint density at radius 1 is 1.41 bits per heavy atom. The third-order valence-corrected chi connectivity index (χ3v) is 3.01. The molecule has 1 rings (SSSR count). The first-order valence-corrected chi connectivity index (χ1v) is 6.65. The van der Waals surface area contributed by atoms with Crippen molar-refractivity contribution in [2.24, 2.45) is 0 Å². The first kappa shape index (κ1) is 14.2. The number of aryl methyl sites for hydroxylation is 2. The van der Waals surface area contributed by atoms with Crippen LogP contribution in [0.1, 0.15) is 45.0 Å². The summed E-state index contributed by atoms with van der Waals surface area (Å²) in [5.74, 6) is 0. The van der Waals surface area contributed by atoms with Gasteiger partial charge in [0.05, 0.1) is 17.5 Å². The van der Waals surface area contributed by atoms with Crippen molar-refractivity contribution in [3.8, 4) is 0 Å². The summed E-state index contributed by atoms with van der Waals surface area (Å²) < 4.78 is 2.04. The minimum Gasteiger partial charge on any atom is -0.393 e. The van der Waals surface area contributed by atoms with E-state index in [2.05, 4.69) is 30.3 Å². The van der Waals surface area contributed by atoms with Crippen molar-refractivity contribution in [1.29, 1.82) is 0 Å². The van der Waals surface area contributed by atoms with Gasteiger partial charge in [-0.3, -0.25) is 4.68 Å². The van der Waals surface area contributed by atoms with E-state index in [-0.39, 0.29) is 6.10 Å². The van der Waals surface area contributed by atoms with Crippen LogP contribution in [0.15, 0.2) is 6.07 Å². The Kier molecular flexibility index (Phi) is 6.22. The Morgan fingerprint density at radius 3 is 2.76 bits per heavy atom. The average Bonchev–Trinajstić information content (AvgIpc) is 2.76. The fraction of sp³-hybridized carbons (Fsp3) is 0.769. The number of aromatic nitrogens is 2. The van der Waals surface area contributed by atoms with E-state index in [0.717, 1.165) is 44.6 Å². The van der Waals surface area contributed by atoms with Crippen LogP contribution in [0.5, 0.6) is 0 Å². The van der Waals surface area contributed by atoms with E-state index in [1.807, 2.05) is 11.6 Å². The molecule has 1 aromatic rings. The number of aliphatic hydroxyl groups excluding tert-OH is 1. The maximum atomic E-state index is 9.44. The molecular formula is C13H25N3O. The number of nitrogens with one attached hydrogen (secondary N) is 1. The highest BCUT2D eigenvalue weighted by atomic mass is 16.3. The lowest BCUT2D eigenvalue weighted by molar-refractivity contribution is 0.159. The molecular weight excluding hydrogens is 214 g/mol. The van der Waals surface area contributed by atoms with Crippen molar-refractivity contribution in [2.75, 3.05) is 6.54 Å². The number of aliphatic hydroxyl groups is 1. The molecule has 1 atom stereocenters. The molecule has 0 bridgehead atoms. The average molecular weight is 239 g/mol. The van der Waals surface area contributed by atoms with Gasteiger partial charge in [0.2, 0.25) is 0 Å². The molecule has 4 heteroatoms. The van der Waals surface area contributed by atoms with Gasteiger partial charge >= 0.3 is 0 Å². The van der Waals surface area contributed by atoms with E-state index in [1.165, 1.54) is 5.69 Å². The number of rotatable bonds is 8. The zero-order chi connectivity index (χ0) is 12.7. The van der Waals surface area contributed by atoms with E-state index in [4.69, 9.17) is 0 Å². The molecule has 0 radical (unpaired) electrons.